The van der Waals surface area contributed by atoms with Crippen LogP contribution in [0, 0.1) is 6.92 Å². The zero-order valence-electron chi connectivity index (χ0n) is 13.6. The number of aryl methyl sites for hydroxylation is 1. The first-order chi connectivity index (χ1) is 11.6. The lowest BCUT2D eigenvalue weighted by atomic mass is 10.1. The van der Waals surface area contributed by atoms with Crippen LogP contribution in [0.1, 0.15) is 24.0 Å². The minimum Gasteiger partial charge on any atom is -0.475 e. The zero-order chi connectivity index (χ0) is 19.0. The van der Waals surface area contributed by atoms with Crippen LogP contribution in [0.15, 0.2) is 18.2 Å². The predicted octanol–water partition coefficient (Wildman–Crippen LogP) is 2.25. The number of aliphatic hydroxyl groups is 1. The summed E-state index contributed by atoms with van der Waals surface area (Å²) in [7, 11) is 0. The van der Waals surface area contributed by atoms with Gasteiger partial charge in [-0.05, 0) is 43.0 Å². The van der Waals surface area contributed by atoms with E-state index in [1.54, 1.807) is 6.07 Å². The number of rotatable bonds is 3. The van der Waals surface area contributed by atoms with Crippen LogP contribution in [0.25, 0.3) is 0 Å². The molecule has 10 heteroatoms. The van der Waals surface area contributed by atoms with Crippen molar-refractivity contribution < 1.29 is 33.0 Å². The maximum atomic E-state index is 11.7. The van der Waals surface area contributed by atoms with E-state index in [2.05, 4.69) is 10.7 Å². The number of nitrogens with zero attached hydrogens (tertiary/aromatic N) is 1. The van der Waals surface area contributed by atoms with E-state index in [1.807, 2.05) is 24.1 Å². The lowest BCUT2D eigenvalue weighted by Crippen LogP contribution is -2.42. The van der Waals surface area contributed by atoms with Gasteiger partial charge in [0.15, 0.2) is 0 Å². The first-order valence-electron chi connectivity index (χ1n) is 7.46. The summed E-state index contributed by atoms with van der Waals surface area (Å²) >= 11 is 0. The molecule has 1 aliphatic rings. The van der Waals surface area contributed by atoms with Crippen molar-refractivity contribution in [3.63, 3.8) is 0 Å². The summed E-state index contributed by atoms with van der Waals surface area (Å²) in [5.74, 6) is -2.76. The van der Waals surface area contributed by atoms with Gasteiger partial charge in [-0.2, -0.15) is 13.2 Å². The minimum atomic E-state index is -5.08. The van der Waals surface area contributed by atoms with Crippen LogP contribution in [0.5, 0.6) is 0 Å². The summed E-state index contributed by atoms with van der Waals surface area (Å²) in [6, 6.07) is 5.28. The van der Waals surface area contributed by atoms with Gasteiger partial charge in [-0.25, -0.2) is 14.6 Å². The Morgan fingerprint density at radius 3 is 2.28 bits per heavy atom. The fourth-order valence-corrected chi connectivity index (χ4v) is 2.05. The third-order valence-electron chi connectivity index (χ3n) is 3.39. The van der Waals surface area contributed by atoms with Crippen LogP contribution < -0.4 is 10.7 Å². The second-order valence-corrected chi connectivity index (χ2v) is 5.36. The standard InChI is InChI=1S/C13H19N3O2.C2HF3O2/c1-10-4-5-12(8-11(10)9-17)14-13(18)15-16-6-2-3-7-16;3-2(4,5)1(6)7/h4-5,8,17H,2-3,6-7,9H2,1H3,(H2,14,15,18);(H,6,7). The Morgan fingerprint density at radius 1 is 1.24 bits per heavy atom. The normalized spacial score (nSPS) is 14.4. The topological polar surface area (TPSA) is 102 Å². The average Bonchev–Trinajstić information content (AvgIpc) is 3.01. The van der Waals surface area contributed by atoms with Crippen molar-refractivity contribution in [3.05, 3.63) is 29.3 Å². The number of amides is 2. The third kappa shape index (κ3) is 7.40. The van der Waals surface area contributed by atoms with Gasteiger partial charge in [0.25, 0.3) is 0 Å². The van der Waals surface area contributed by atoms with Crippen LogP contribution in [-0.4, -0.2) is 46.5 Å². The molecule has 0 radical (unpaired) electrons. The van der Waals surface area contributed by atoms with Crippen LogP contribution in [0.2, 0.25) is 0 Å². The Labute approximate surface area is 142 Å². The molecule has 25 heavy (non-hydrogen) atoms. The van der Waals surface area contributed by atoms with Crippen LogP contribution in [0.4, 0.5) is 23.7 Å². The maximum Gasteiger partial charge on any atom is 0.490 e. The molecule has 1 aromatic rings. The number of carboxylic acid groups (broad SMARTS) is 1. The Hall–Kier alpha value is -2.33. The minimum absolute atomic E-state index is 0.0188. The molecule has 0 bridgehead atoms. The first kappa shape index (κ1) is 20.7. The summed E-state index contributed by atoms with van der Waals surface area (Å²) in [6.45, 7) is 3.72. The lowest BCUT2D eigenvalue weighted by Gasteiger charge is -2.17. The van der Waals surface area contributed by atoms with E-state index < -0.39 is 12.1 Å². The molecule has 7 nitrogen and oxygen atoms in total. The van der Waals surface area contributed by atoms with Crippen molar-refractivity contribution in [2.24, 2.45) is 0 Å². The number of benzene rings is 1. The average molecular weight is 363 g/mol. The van der Waals surface area contributed by atoms with E-state index in [4.69, 9.17) is 9.90 Å². The van der Waals surface area contributed by atoms with Crippen molar-refractivity contribution in [2.45, 2.75) is 32.5 Å². The summed E-state index contributed by atoms with van der Waals surface area (Å²) in [6.07, 6.45) is -2.83. The Kier molecular flexibility index (Phi) is 7.65. The highest BCUT2D eigenvalue weighted by molar-refractivity contribution is 5.89. The second kappa shape index (κ2) is 9.23. The van der Waals surface area contributed by atoms with E-state index in [9.17, 15) is 23.1 Å². The van der Waals surface area contributed by atoms with Gasteiger partial charge in [0.2, 0.25) is 0 Å². The van der Waals surface area contributed by atoms with Gasteiger partial charge < -0.3 is 15.5 Å². The molecule has 140 valence electrons. The van der Waals surface area contributed by atoms with Crippen LogP contribution in [0.3, 0.4) is 0 Å². The van der Waals surface area contributed by atoms with Crippen molar-refractivity contribution >= 4 is 17.7 Å². The Balaban J connectivity index is 0.000000381. The molecule has 0 atom stereocenters. The molecule has 0 aliphatic carbocycles. The number of halogens is 3. The van der Waals surface area contributed by atoms with Gasteiger partial charge in [-0.15, -0.1) is 0 Å². The summed E-state index contributed by atoms with van der Waals surface area (Å²) in [5, 5.41) is 21.0. The van der Waals surface area contributed by atoms with E-state index in [0.717, 1.165) is 37.1 Å². The van der Waals surface area contributed by atoms with Crippen molar-refractivity contribution in [3.8, 4) is 0 Å². The molecule has 2 rings (SSSR count). The largest absolute Gasteiger partial charge is 0.490 e. The molecule has 1 saturated heterocycles. The highest BCUT2D eigenvalue weighted by Crippen LogP contribution is 2.15. The molecule has 1 heterocycles. The lowest BCUT2D eigenvalue weighted by molar-refractivity contribution is -0.192. The highest BCUT2D eigenvalue weighted by atomic mass is 19.4. The number of alkyl halides is 3. The van der Waals surface area contributed by atoms with Crippen molar-refractivity contribution in [1.82, 2.24) is 10.4 Å². The number of carbonyl (C=O) groups is 2. The highest BCUT2D eigenvalue weighted by Gasteiger charge is 2.38. The van der Waals surface area contributed by atoms with Gasteiger partial charge in [0.05, 0.1) is 6.61 Å². The molecule has 4 N–H and O–H groups in total. The molecular weight excluding hydrogens is 343 g/mol. The van der Waals surface area contributed by atoms with Crippen LogP contribution >= 0.6 is 0 Å². The molecule has 0 spiro atoms. The maximum absolute atomic E-state index is 11.7. The van der Waals surface area contributed by atoms with E-state index in [1.165, 1.54) is 0 Å². The van der Waals surface area contributed by atoms with E-state index in [-0.39, 0.29) is 12.6 Å². The number of nitrogens with one attached hydrogen (secondary N) is 2. The molecule has 1 fully saturated rings. The number of aliphatic hydroxyl groups excluding tert-OH is 1. The Bertz CT molecular complexity index is 602. The van der Waals surface area contributed by atoms with Gasteiger partial charge >= 0.3 is 18.2 Å². The molecule has 0 aromatic heterocycles. The molecular formula is C15H20F3N3O4. The number of carboxylic acids is 1. The monoisotopic (exact) mass is 363 g/mol. The number of anilines is 1. The number of hydrogen-bond acceptors (Lipinski definition) is 4. The number of urea groups is 1. The number of carbonyl (C=O) groups excluding carboxylic acids is 1. The Morgan fingerprint density at radius 2 is 1.80 bits per heavy atom. The SMILES string of the molecule is Cc1ccc(NC(=O)NN2CCCC2)cc1CO.O=C(O)C(F)(F)F. The first-order valence-corrected chi connectivity index (χ1v) is 7.46. The quantitative estimate of drug-likeness (QED) is 0.660. The fourth-order valence-electron chi connectivity index (χ4n) is 2.05. The van der Waals surface area contributed by atoms with Crippen LogP contribution in [-0.2, 0) is 11.4 Å². The van der Waals surface area contributed by atoms with Crippen molar-refractivity contribution in [1.29, 1.82) is 0 Å². The van der Waals surface area contributed by atoms with Gasteiger partial charge in [0, 0.05) is 18.8 Å². The summed E-state index contributed by atoms with van der Waals surface area (Å²) < 4.78 is 31.7. The van der Waals surface area contributed by atoms with Gasteiger partial charge in [0.1, 0.15) is 0 Å². The number of hydrogen-bond donors (Lipinski definition) is 4. The third-order valence-corrected chi connectivity index (χ3v) is 3.39. The number of aliphatic carboxylic acids is 1. The molecule has 1 aliphatic heterocycles. The van der Waals surface area contributed by atoms with E-state index >= 15 is 0 Å². The zero-order valence-corrected chi connectivity index (χ0v) is 13.6. The summed E-state index contributed by atoms with van der Waals surface area (Å²) in [5.41, 5.74) is 5.34. The van der Waals surface area contributed by atoms with Crippen molar-refractivity contribution in [2.75, 3.05) is 18.4 Å². The molecule has 0 unspecified atom stereocenters. The number of hydrazine groups is 1. The summed E-state index contributed by atoms with van der Waals surface area (Å²) in [4.78, 5) is 20.6. The molecule has 0 saturated carbocycles. The second-order valence-electron chi connectivity index (χ2n) is 5.36. The fraction of sp³-hybridized carbons (Fsp3) is 0.467. The molecule has 2 amide bonds. The van der Waals surface area contributed by atoms with Gasteiger partial charge in [-0.3, -0.25) is 5.43 Å². The smallest absolute Gasteiger partial charge is 0.475 e. The van der Waals surface area contributed by atoms with Gasteiger partial charge in [-0.1, -0.05) is 6.07 Å². The molecule has 1 aromatic carbocycles. The van der Waals surface area contributed by atoms with E-state index in [0.29, 0.717) is 5.69 Å². The predicted molar refractivity (Wildman–Crippen MR) is 83.8 cm³/mol.